The molecule has 0 atom stereocenters. The molecular formula is C14H13ClN4O2. The Morgan fingerprint density at radius 1 is 1.00 bits per heavy atom. The van der Waals surface area contributed by atoms with Gasteiger partial charge in [0.05, 0.1) is 5.56 Å². The van der Waals surface area contributed by atoms with E-state index in [0.717, 1.165) is 0 Å². The van der Waals surface area contributed by atoms with Crippen LogP contribution in [-0.2, 0) is 0 Å². The second-order valence-corrected chi connectivity index (χ2v) is 4.69. The topological polar surface area (TPSA) is 110 Å². The van der Waals surface area contributed by atoms with E-state index in [-0.39, 0.29) is 11.6 Å². The van der Waals surface area contributed by atoms with Crippen molar-refractivity contribution < 1.29 is 9.59 Å². The van der Waals surface area contributed by atoms with E-state index in [2.05, 4.69) is 10.6 Å². The van der Waals surface area contributed by atoms with Crippen molar-refractivity contribution in [2.45, 2.75) is 0 Å². The molecule has 21 heavy (non-hydrogen) atoms. The number of nitrogens with two attached hydrogens (primary N) is 2. The molecule has 7 heteroatoms. The van der Waals surface area contributed by atoms with Gasteiger partial charge in [0.25, 0.3) is 5.91 Å². The highest BCUT2D eigenvalue weighted by Crippen LogP contribution is 2.20. The van der Waals surface area contributed by atoms with Crippen LogP contribution in [0.1, 0.15) is 10.4 Å². The van der Waals surface area contributed by atoms with Crippen molar-refractivity contribution in [1.29, 1.82) is 0 Å². The number of carbonyl (C=O) groups is 2. The van der Waals surface area contributed by atoms with Crippen LogP contribution in [0.5, 0.6) is 0 Å². The summed E-state index contributed by atoms with van der Waals surface area (Å²) in [6, 6.07) is 10.5. The van der Waals surface area contributed by atoms with Crippen LogP contribution in [0.2, 0.25) is 5.02 Å². The molecule has 0 heterocycles. The van der Waals surface area contributed by atoms with Crippen molar-refractivity contribution in [3.63, 3.8) is 0 Å². The SMILES string of the molecule is NC(=O)Nc1cccc(NC(=O)c2ccc(Cl)cc2N)c1. The Kier molecular flexibility index (Phi) is 4.30. The molecule has 6 nitrogen and oxygen atoms in total. The maximum atomic E-state index is 12.1. The molecule has 108 valence electrons. The number of anilines is 3. The van der Waals surface area contributed by atoms with Crippen LogP contribution in [-0.4, -0.2) is 11.9 Å². The fraction of sp³-hybridized carbons (Fsp3) is 0. The Balaban J connectivity index is 2.17. The van der Waals surface area contributed by atoms with Crippen molar-refractivity contribution in [3.05, 3.63) is 53.1 Å². The molecule has 2 aromatic carbocycles. The van der Waals surface area contributed by atoms with Crippen molar-refractivity contribution in [2.75, 3.05) is 16.4 Å². The summed E-state index contributed by atoms with van der Waals surface area (Å²) < 4.78 is 0. The number of primary amides is 1. The number of carbonyl (C=O) groups excluding carboxylic acids is 2. The van der Waals surface area contributed by atoms with E-state index in [1.165, 1.54) is 6.07 Å². The van der Waals surface area contributed by atoms with Gasteiger partial charge in [-0.1, -0.05) is 17.7 Å². The van der Waals surface area contributed by atoms with E-state index in [1.807, 2.05) is 0 Å². The minimum absolute atomic E-state index is 0.284. The number of hydrogen-bond donors (Lipinski definition) is 4. The molecule has 0 unspecified atom stereocenters. The van der Waals surface area contributed by atoms with E-state index in [4.69, 9.17) is 23.1 Å². The maximum absolute atomic E-state index is 12.1. The second kappa shape index (κ2) is 6.15. The Morgan fingerprint density at radius 3 is 2.29 bits per heavy atom. The first-order valence-electron chi connectivity index (χ1n) is 5.98. The lowest BCUT2D eigenvalue weighted by Gasteiger charge is -2.09. The highest BCUT2D eigenvalue weighted by Gasteiger charge is 2.10. The number of halogens is 1. The highest BCUT2D eigenvalue weighted by atomic mass is 35.5. The minimum Gasteiger partial charge on any atom is -0.398 e. The first kappa shape index (κ1) is 14.7. The lowest BCUT2D eigenvalue weighted by molar-refractivity contribution is 0.102. The summed E-state index contributed by atoms with van der Waals surface area (Å²) in [5, 5.41) is 5.56. The fourth-order valence-electron chi connectivity index (χ4n) is 1.76. The van der Waals surface area contributed by atoms with Gasteiger partial charge in [0.1, 0.15) is 0 Å². The van der Waals surface area contributed by atoms with Crippen molar-refractivity contribution >= 4 is 40.6 Å². The van der Waals surface area contributed by atoms with Gasteiger partial charge in [0.15, 0.2) is 0 Å². The summed E-state index contributed by atoms with van der Waals surface area (Å²) >= 11 is 5.79. The molecule has 0 radical (unpaired) electrons. The predicted octanol–water partition coefficient (Wildman–Crippen LogP) is 2.67. The molecule has 0 bridgehead atoms. The van der Waals surface area contributed by atoms with Gasteiger partial charge in [0.2, 0.25) is 0 Å². The lowest BCUT2D eigenvalue weighted by Crippen LogP contribution is -2.19. The highest BCUT2D eigenvalue weighted by molar-refractivity contribution is 6.31. The Bertz CT molecular complexity index is 703. The third-order valence-corrected chi connectivity index (χ3v) is 2.88. The fourth-order valence-corrected chi connectivity index (χ4v) is 1.94. The van der Waals surface area contributed by atoms with Crippen molar-refractivity contribution in [2.24, 2.45) is 5.73 Å². The molecule has 2 aromatic rings. The van der Waals surface area contributed by atoms with Crippen LogP contribution in [0.4, 0.5) is 21.9 Å². The summed E-state index contributed by atoms with van der Waals surface area (Å²) in [6.45, 7) is 0. The molecule has 0 aliphatic rings. The van der Waals surface area contributed by atoms with Gasteiger partial charge < -0.3 is 22.1 Å². The summed E-state index contributed by atoms with van der Waals surface area (Å²) in [4.78, 5) is 22.9. The van der Waals surface area contributed by atoms with Gasteiger partial charge in [-0.15, -0.1) is 0 Å². The number of nitrogens with one attached hydrogen (secondary N) is 2. The molecule has 0 fully saturated rings. The first-order valence-corrected chi connectivity index (χ1v) is 6.36. The van der Waals surface area contributed by atoms with E-state index in [9.17, 15) is 9.59 Å². The molecule has 0 spiro atoms. The smallest absolute Gasteiger partial charge is 0.316 e. The maximum Gasteiger partial charge on any atom is 0.316 e. The van der Waals surface area contributed by atoms with E-state index >= 15 is 0 Å². The van der Waals surface area contributed by atoms with Gasteiger partial charge in [-0.05, 0) is 36.4 Å². The van der Waals surface area contributed by atoms with E-state index in [0.29, 0.717) is 22.0 Å². The third kappa shape index (κ3) is 3.87. The molecule has 0 aliphatic carbocycles. The van der Waals surface area contributed by atoms with Crippen LogP contribution in [0.25, 0.3) is 0 Å². The quantitative estimate of drug-likeness (QED) is 0.654. The molecule has 0 saturated carbocycles. The van der Waals surface area contributed by atoms with E-state index < -0.39 is 6.03 Å². The zero-order chi connectivity index (χ0) is 15.4. The number of hydrogen-bond acceptors (Lipinski definition) is 3. The summed E-state index contributed by atoms with van der Waals surface area (Å²) in [5.74, 6) is -0.375. The summed E-state index contributed by atoms with van der Waals surface area (Å²) in [7, 11) is 0. The predicted molar refractivity (Wildman–Crippen MR) is 83.5 cm³/mol. The number of nitrogen functional groups attached to an aromatic ring is 1. The zero-order valence-corrected chi connectivity index (χ0v) is 11.6. The van der Waals surface area contributed by atoms with Gasteiger partial charge >= 0.3 is 6.03 Å². The molecule has 0 saturated heterocycles. The molecule has 6 N–H and O–H groups in total. The lowest BCUT2D eigenvalue weighted by atomic mass is 10.1. The van der Waals surface area contributed by atoms with Gasteiger partial charge in [-0.25, -0.2) is 4.79 Å². The number of rotatable bonds is 3. The monoisotopic (exact) mass is 304 g/mol. The van der Waals surface area contributed by atoms with Crippen LogP contribution < -0.4 is 22.1 Å². The van der Waals surface area contributed by atoms with Crippen molar-refractivity contribution in [1.82, 2.24) is 0 Å². The summed E-state index contributed by atoms with van der Waals surface area (Å²) in [5.41, 5.74) is 12.4. The average Bonchev–Trinajstić information content (AvgIpc) is 2.37. The molecule has 3 amide bonds. The number of urea groups is 1. The van der Waals surface area contributed by atoms with Gasteiger partial charge in [-0.3, -0.25) is 4.79 Å². The Morgan fingerprint density at radius 2 is 1.67 bits per heavy atom. The van der Waals surface area contributed by atoms with Crippen LogP contribution in [0.15, 0.2) is 42.5 Å². The Hall–Kier alpha value is -2.73. The molecule has 0 aromatic heterocycles. The summed E-state index contributed by atoms with van der Waals surface area (Å²) in [6.07, 6.45) is 0. The van der Waals surface area contributed by atoms with Crippen LogP contribution in [0, 0.1) is 0 Å². The molecular weight excluding hydrogens is 292 g/mol. The zero-order valence-electron chi connectivity index (χ0n) is 10.9. The minimum atomic E-state index is -0.680. The average molecular weight is 305 g/mol. The molecule has 2 rings (SSSR count). The number of amides is 3. The van der Waals surface area contributed by atoms with Crippen molar-refractivity contribution in [3.8, 4) is 0 Å². The first-order chi connectivity index (χ1) is 9.95. The van der Waals surface area contributed by atoms with Gasteiger partial charge in [0, 0.05) is 22.1 Å². The second-order valence-electron chi connectivity index (χ2n) is 4.26. The van der Waals surface area contributed by atoms with Gasteiger partial charge in [-0.2, -0.15) is 0 Å². The Labute approximate surface area is 126 Å². The van der Waals surface area contributed by atoms with Crippen LogP contribution >= 0.6 is 11.6 Å². The molecule has 0 aliphatic heterocycles. The third-order valence-electron chi connectivity index (χ3n) is 2.65. The number of benzene rings is 2. The van der Waals surface area contributed by atoms with E-state index in [1.54, 1.807) is 36.4 Å². The standard InChI is InChI=1S/C14H13ClN4O2/c15-8-4-5-11(12(16)6-8)13(20)18-9-2-1-3-10(7-9)19-14(17)21/h1-7H,16H2,(H,18,20)(H3,17,19,21). The largest absolute Gasteiger partial charge is 0.398 e. The van der Waals surface area contributed by atoms with Crippen LogP contribution in [0.3, 0.4) is 0 Å². The normalized spacial score (nSPS) is 9.95.